The highest BCUT2D eigenvalue weighted by Gasteiger charge is 2.33. The second-order valence-electron chi connectivity index (χ2n) is 3.40. The lowest BCUT2D eigenvalue weighted by Crippen LogP contribution is -2.39. The van der Waals surface area contributed by atoms with Gasteiger partial charge in [0.25, 0.3) is 5.91 Å². The number of hydrogen-bond donors (Lipinski definition) is 1. The molecule has 0 aromatic carbocycles. The molecule has 0 radical (unpaired) electrons. The van der Waals surface area contributed by atoms with E-state index in [1.807, 2.05) is 0 Å². The Morgan fingerprint density at radius 3 is 2.65 bits per heavy atom. The average Bonchev–Trinajstić information content (AvgIpc) is 2.24. The Morgan fingerprint density at radius 2 is 2.18 bits per heavy atom. The quantitative estimate of drug-likeness (QED) is 0.884. The molecule has 2 N–H and O–H groups in total. The monoisotopic (exact) mass is 247 g/mol. The Hall–Kier alpha value is -1.79. The molecule has 0 atom stereocenters. The highest BCUT2D eigenvalue weighted by molar-refractivity contribution is 5.98. The van der Waals surface area contributed by atoms with Crippen molar-refractivity contribution in [1.82, 2.24) is 9.88 Å². The molecule has 0 aliphatic carbocycles. The predicted octanol–water partition coefficient (Wildman–Crippen LogP) is 1.69. The summed E-state index contributed by atoms with van der Waals surface area (Å²) in [5, 5.41) is 0. The maximum absolute atomic E-state index is 12.2. The summed E-state index contributed by atoms with van der Waals surface area (Å²) in [4.78, 5) is 16.1. The van der Waals surface area contributed by atoms with Crippen LogP contribution in [0, 0.1) is 0 Å². The molecule has 1 aromatic rings. The molecule has 1 aromatic heterocycles. The molecule has 0 aliphatic rings. The number of rotatable bonds is 3. The van der Waals surface area contributed by atoms with Crippen LogP contribution in [-0.2, 0) is 0 Å². The lowest BCUT2D eigenvalue weighted by molar-refractivity contribution is -0.140. The van der Waals surface area contributed by atoms with E-state index in [9.17, 15) is 18.0 Å². The number of aromatic nitrogens is 1. The highest BCUT2D eigenvalue weighted by Crippen LogP contribution is 2.19. The first kappa shape index (κ1) is 13.3. The van der Waals surface area contributed by atoms with Gasteiger partial charge >= 0.3 is 6.18 Å². The van der Waals surface area contributed by atoms with Gasteiger partial charge in [-0.15, -0.1) is 0 Å². The molecule has 94 valence electrons. The smallest absolute Gasteiger partial charge is 0.398 e. The summed E-state index contributed by atoms with van der Waals surface area (Å²) < 4.78 is 36.7. The second kappa shape index (κ2) is 5.03. The first-order chi connectivity index (χ1) is 7.85. The molecule has 0 fully saturated rings. The number of carbonyl (C=O) groups excluding carboxylic acids is 1. The number of nitrogen functional groups attached to an aromatic ring is 1. The number of alkyl halides is 3. The van der Waals surface area contributed by atoms with Crippen molar-refractivity contribution < 1.29 is 18.0 Å². The zero-order valence-corrected chi connectivity index (χ0v) is 9.16. The number of hydrogen-bond acceptors (Lipinski definition) is 3. The van der Waals surface area contributed by atoms with Crippen molar-refractivity contribution in [2.24, 2.45) is 0 Å². The van der Waals surface area contributed by atoms with Crippen LogP contribution in [0.2, 0.25) is 0 Å². The predicted molar refractivity (Wildman–Crippen MR) is 56.3 cm³/mol. The Kier molecular flexibility index (Phi) is 3.93. The Balaban J connectivity index is 2.91. The summed E-state index contributed by atoms with van der Waals surface area (Å²) in [6.45, 7) is 0.125. The van der Waals surface area contributed by atoms with Gasteiger partial charge < -0.3 is 10.6 Å². The van der Waals surface area contributed by atoms with Crippen LogP contribution in [-0.4, -0.2) is 35.1 Å². The van der Waals surface area contributed by atoms with Crippen LogP contribution in [0.15, 0.2) is 18.5 Å². The Bertz CT molecular complexity index is 406. The molecule has 1 amide bonds. The molecule has 0 spiro atoms. The summed E-state index contributed by atoms with van der Waals surface area (Å²) in [7, 11) is 0. The van der Waals surface area contributed by atoms with Gasteiger partial charge in [0.05, 0.1) is 5.56 Å². The minimum Gasteiger partial charge on any atom is -0.398 e. The van der Waals surface area contributed by atoms with Crippen LogP contribution in [0.1, 0.15) is 17.3 Å². The van der Waals surface area contributed by atoms with E-state index >= 15 is 0 Å². The van der Waals surface area contributed by atoms with Crippen molar-refractivity contribution in [2.75, 3.05) is 18.8 Å². The van der Waals surface area contributed by atoms with Crippen LogP contribution in [0.25, 0.3) is 0 Å². The van der Waals surface area contributed by atoms with Gasteiger partial charge in [0.1, 0.15) is 6.54 Å². The molecule has 7 heteroatoms. The molecule has 1 rings (SSSR count). The zero-order chi connectivity index (χ0) is 13.1. The van der Waals surface area contributed by atoms with Crippen molar-refractivity contribution in [2.45, 2.75) is 13.1 Å². The lowest BCUT2D eigenvalue weighted by atomic mass is 10.2. The van der Waals surface area contributed by atoms with Crippen molar-refractivity contribution in [3.8, 4) is 0 Å². The molecule has 0 aliphatic heterocycles. The number of pyridine rings is 1. The van der Waals surface area contributed by atoms with Crippen LogP contribution in [0.4, 0.5) is 18.9 Å². The lowest BCUT2D eigenvalue weighted by Gasteiger charge is -2.22. The topological polar surface area (TPSA) is 59.2 Å². The van der Waals surface area contributed by atoms with Crippen molar-refractivity contribution in [1.29, 1.82) is 0 Å². The van der Waals surface area contributed by atoms with E-state index in [0.717, 1.165) is 6.20 Å². The van der Waals surface area contributed by atoms with Gasteiger partial charge in [0.2, 0.25) is 0 Å². The van der Waals surface area contributed by atoms with E-state index in [1.165, 1.54) is 19.2 Å². The minimum absolute atomic E-state index is 0.0152. The number of carbonyl (C=O) groups is 1. The summed E-state index contributed by atoms with van der Waals surface area (Å²) in [5.74, 6) is -0.768. The average molecular weight is 247 g/mol. The van der Waals surface area contributed by atoms with Gasteiger partial charge in [-0.25, -0.2) is 0 Å². The fourth-order valence-corrected chi connectivity index (χ4v) is 1.30. The second-order valence-corrected chi connectivity index (χ2v) is 3.40. The summed E-state index contributed by atoms with van der Waals surface area (Å²) >= 11 is 0. The van der Waals surface area contributed by atoms with Gasteiger partial charge in [-0.2, -0.15) is 13.2 Å². The Morgan fingerprint density at radius 1 is 1.53 bits per heavy atom. The largest absolute Gasteiger partial charge is 0.406 e. The van der Waals surface area contributed by atoms with Gasteiger partial charge in [-0.3, -0.25) is 9.78 Å². The summed E-state index contributed by atoms with van der Waals surface area (Å²) in [6, 6.07) is 1.37. The number of amides is 1. The first-order valence-electron chi connectivity index (χ1n) is 4.90. The van der Waals surface area contributed by atoms with Crippen molar-refractivity contribution in [3.63, 3.8) is 0 Å². The third kappa shape index (κ3) is 3.61. The summed E-state index contributed by atoms with van der Waals surface area (Å²) in [5.41, 5.74) is 5.61. The molecule has 0 saturated heterocycles. The fourth-order valence-electron chi connectivity index (χ4n) is 1.30. The van der Waals surface area contributed by atoms with Crippen molar-refractivity contribution in [3.05, 3.63) is 24.0 Å². The van der Waals surface area contributed by atoms with Gasteiger partial charge in [-0.1, -0.05) is 0 Å². The first-order valence-corrected chi connectivity index (χ1v) is 4.90. The number of halogens is 3. The number of nitrogens with zero attached hydrogens (tertiary/aromatic N) is 2. The summed E-state index contributed by atoms with van der Waals surface area (Å²) in [6.07, 6.45) is -1.90. The Labute approximate surface area is 96.2 Å². The van der Waals surface area contributed by atoms with Gasteiger partial charge in [-0.05, 0) is 13.0 Å². The van der Waals surface area contributed by atoms with E-state index in [-0.39, 0.29) is 17.8 Å². The van der Waals surface area contributed by atoms with E-state index in [1.54, 1.807) is 0 Å². The zero-order valence-electron chi connectivity index (χ0n) is 9.16. The number of nitrogens with two attached hydrogens (primary N) is 1. The van der Waals surface area contributed by atoms with Crippen LogP contribution < -0.4 is 5.73 Å². The van der Waals surface area contributed by atoms with Gasteiger partial charge in [0, 0.05) is 24.6 Å². The third-order valence-corrected chi connectivity index (χ3v) is 2.12. The van der Waals surface area contributed by atoms with E-state index in [2.05, 4.69) is 4.98 Å². The minimum atomic E-state index is -4.43. The van der Waals surface area contributed by atoms with E-state index < -0.39 is 18.6 Å². The van der Waals surface area contributed by atoms with E-state index in [0.29, 0.717) is 4.90 Å². The van der Waals surface area contributed by atoms with Crippen molar-refractivity contribution >= 4 is 11.6 Å². The van der Waals surface area contributed by atoms with Crippen LogP contribution in [0.5, 0.6) is 0 Å². The number of anilines is 1. The highest BCUT2D eigenvalue weighted by atomic mass is 19.4. The van der Waals surface area contributed by atoms with Crippen LogP contribution >= 0.6 is 0 Å². The fraction of sp³-hybridized carbons (Fsp3) is 0.400. The molecule has 1 heterocycles. The standard InChI is InChI=1S/C10H12F3N3O/c1-2-16(6-10(11,12)13)9(17)7-5-15-4-3-8(7)14/h3-5H,2,6H2,1H3,(H2,14,15). The maximum Gasteiger partial charge on any atom is 0.406 e. The SMILES string of the molecule is CCN(CC(F)(F)F)C(=O)c1cnccc1N. The molecular formula is C10H12F3N3O. The molecule has 0 saturated carbocycles. The van der Waals surface area contributed by atoms with E-state index in [4.69, 9.17) is 5.73 Å². The normalized spacial score (nSPS) is 11.3. The van der Waals surface area contributed by atoms with Crippen LogP contribution in [0.3, 0.4) is 0 Å². The molecule has 4 nitrogen and oxygen atoms in total. The third-order valence-electron chi connectivity index (χ3n) is 2.12. The molecular weight excluding hydrogens is 235 g/mol. The molecule has 0 unspecified atom stereocenters. The van der Waals surface area contributed by atoms with Gasteiger partial charge in [0.15, 0.2) is 0 Å². The molecule has 17 heavy (non-hydrogen) atoms. The molecule has 0 bridgehead atoms. The maximum atomic E-state index is 12.2.